The number of hydrogen-bond donors (Lipinski definition) is 2. The Morgan fingerprint density at radius 2 is 1.95 bits per heavy atom. The summed E-state index contributed by atoms with van der Waals surface area (Å²) in [6, 6.07) is 12.9. The van der Waals surface area contributed by atoms with Gasteiger partial charge in [-0.2, -0.15) is 5.26 Å². The lowest BCUT2D eigenvalue weighted by molar-refractivity contribution is -0.112. The van der Waals surface area contributed by atoms with E-state index in [1.807, 2.05) is 24.3 Å². The fraction of sp³-hybridized carbons (Fsp3) is 0.0667. The van der Waals surface area contributed by atoms with Crippen LogP contribution in [0.3, 0.4) is 0 Å². The predicted octanol–water partition coefficient (Wildman–Crippen LogP) is 4.47. The fourth-order valence-corrected chi connectivity index (χ4v) is 3.07. The number of aliphatic hydroxyl groups is 1. The first-order valence-corrected chi connectivity index (χ1v) is 7.59. The molecule has 2 rings (SSSR count). The van der Waals surface area contributed by atoms with E-state index in [-0.39, 0.29) is 11.3 Å². The highest BCUT2D eigenvalue weighted by molar-refractivity contribution is 9.11. The first-order chi connectivity index (χ1) is 10.0. The maximum atomic E-state index is 11.8. The summed E-state index contributed by atoms with van der Waals surface area (Å²) in [7, 11) is 0. The van der Waals surface area contributed by atoms with E-state index in [0.717, 1.165) is 14.2 Å². The number of halogens is 1. The van der Waals surface area contributed by atoms with Crippen molar-refractivity contribution in [2.75, 3.05) is 5.32 Å². The average molecular weight is 363 g/mol. The van der Waals surface area contributed by atoms with Gasteiger partial charge in [0.05, 0.1) is 3.79 Å². The molecule has 4 nitrogen and oxygen atoms in total. The Labute approximate surface area is 134 Å². The van der Waals surface area contributed by atoms with Crippen LogP contribution in [-0.4, -0.2) is 11.0 Å². The molecule has 0 radical (unpaired) electrons. The molecule has 0 bridgehead atoms. The van der Waals surface area contributed by atoms with Gasteiger partial charge in [0, 0.05) is 10.6 Å². The topological polar surface area (TPSA) is 73.1 Å². The van der Waals surface area contributed by atoms with E-state index in [9.17, 15) is 9.90 Å². The van der Waals surface area contributed by atoms with E-state index >= 15 is 0 Å². The summed E-state index contributed by atoms with van der Waals surface area (Å²) in [4.78, 5) is 12.9. The number of amides is 1. The number of thiophene rings is 1. The molecule has 6 heteroatoms. The van der Waals surface area contributed by atoms with Gasteiger partial charge in [-0.25, -0.2) is 0 Å². The third kappa shape index (κ3) is 3.72. The maximum Gasteiger partial charge on any atom is 0.269 e. The van der Waals surface area contributed by atoms with Gasteiger partial charge >= 0.3 is 0 Å². The number of benzene rings is 1. The Balaban J connectivity index is 2.15. The van der Waals surface area contributed by atoms with Gasteiger partial charge in [0.15, 0.2) is 5.57 Å². The fourth-order valence-electron chi connectivity index (χ4n) is 1.68. The van der Waals surface area contributed by atoms with Crippen LogP contribution in [0.15, 0.2) is 51.5 Å². The lowest BCUT2D eigenvalue weighted by atomic mass is 10.1. The molecule has 0 unspecified atom stereocenters. The summed E-state index contributed by atoms with van der Waals surface area (Å²) in [6.45, 7) is 1.30. The normalized spacial score (nSPS) is 11.5. The number of aliphatic hydroxyl groups excluding tert-OH is 1. The monoisotopic (exact) mass is 362 g/mol. The van der Waals surface area contributed by atoms with Gasteiger partial charge in [0.1, 0.15) is 11.8 Å². The van der Waals surface area contributed by atoms with Crippen molar-refractivity contribution in [3.63, 3.8) is 0 Å². The predicted molar refractivity (Wildman–Crippen MR) is 87.0 cm³/mol. The van der Waals surface area contributed by atoms with Crippen LogP contribution in [0.2, 0.25) is 0 Å². The molecule has 1 aromatic carbocycles. The molecule has 1 heterocycles. The van der Waals surface area contributed by atoms with Crippen molar-refractivity contribution in [1.29, 1.82) is 5.26 Å². The van der Waals surface area contributed by atoms with Gasteiger partial charge in [-0.3, -0.25) is 4.79 Å². The highest BCUT2D eigenvalue weighted by Gasteiger charge is 2.12. The molecule has 1 amide bonds. The minimum Gasteiger partial charge on any atom is -0.511 e. The van der Waals surface area contributed by atoms with Gasteiger partial charge < -0.3 is 10.4 Å². The Morgan fingerprint density at radius 1 is 1.29 bits per heavy atom. The number of anilines is 1. The van der Waals surface area contributed by atoms with E-state index in [2.05, 4.69) is 21.2 Å². The van der Waals surface area contributed by atoms with Gasteiger partial charge in [-0.15, -0.1) is 11.3 Å². The van der Waals surface area contributed by atoms with Crippen LogP contribution in [0, 0.1) is 11.3 Å². The standard InChI is InChI=1S/C15H11BrN2O2S/c1-9(19)12(8-17)15(20)18-11-4-2-10(3-5-11)13-6-7-14(16)21-13/h2-7,19H,1H3,(H,18,20)/b12-9-. The Hall–Kier alpha value is -2.10. The number of hydrogen-bond acceptors (Lipinski definition) is 4. The highest BCUT2D eigenvalue weighted by atomic mass is 79.9. The molecule has 0 saturated carbocycles. The molecule has 2 aromatic rings. The summed E-state index contributed by atoms with van der Waals surface area (Å²) < 4.78 is 1.05. The quantitative estimate of drug-likeness (QED) is 0.480. The van der Waals surface area contributed by atoms with Gasteiger partial charge in [-0.05, 0) is 52.7 Å². The average Bonchev–Trinajstić information content (AvgIpc) is 2.86. The van der Waals surface area contributed by atoms with Gasteiger partial charge in [0.2, 0.25) is 0 Å². The van der Waals surface area contributed by atoms with E-state index in [0.29, 0.717) is 5.69 Å². The van der Waals surface area contributed by atoms with Crippen LogP contribution in [-0.2, 0) is 4.79 Å². The number of nitrogens with one attached hydrogen (secondary N) is 1. The minimum absolute atomic E-state index is 0.290. The number of allylic oxidation sites excluding steroid dienone is 1. The third-order valence-corrected chi connectivity index (χ3v) is 4.37. The molecule has 1 aromatic heterocycles. The molecule has 0 fully saturated rings. The van der Waals surface area contributed by atoms with Crippen LogP contribution in [0.1, 0.15) is 6.92 Å². The number of carbonyl (C=O) groups excluding carboxylic acids is 1. The highest BCUT2D eigenvalue weighted by Crippen LogP contribution is 2.31. The van der Waals surface area contributed by atoms with Crippen molar-refractivity contribution in [2.24, 2.45) is 0 Å². The summed E-state index contributed by atoms with van der Waals surface area (Å²) in [5.74, 6) is -0.917. The first kappa shape index (κ1) is 15.3. The van der Waals surface area contributed by atoms with Crippen LogP contribution >= 0.6 is 27.3 Å². The van der Waals surface area contributed by atoms with E-state index in [1.54, 1.807) is 29.5 Å². The molecular weight excluding hydrogens is 352 g/mol. The van der Waals surface area contributed by atoms with Crippen molar-refractivity contribution in [1.82, 2.24) is 0 Å². The zero-order chi connectivity index (χ0) is 15.4. The van der Waals surface area contributed by atoms with Crippen molar-refractivity contribution < 1.29 is 9.90 Å². The molecule has 0 spiro atoms. The maximum absolute atomic E-state index is 11.8. The summed E-state index contributed by atoms with van der Waals surface area (Å²) in [6.07, 6.45) is 0. The summed E-state index contributed by atoms with van der Waals surface area (Å²) >= 11 is 5.03. The van der Waals surface area contributed by atoms with Crippen LogP contribution < -0.4 is 5.32 Å². The Morgan fingerprint density at radius 3 is 2.43 bits per heavy atom. The van der Waals surface area contributed by atoms with Gasteiger partial charge in [-0.1, -0.05) is 12.1 Å². The lowest BCUT2D eigenvalue weighted by Crippen LogP contribution is -2.14. The second-order valence-electron chi connectivity index (χ2n) is 4.21. The van der Waals surface area contributed by atoms with E-state index in [1.165, 1.54) is 6.92 Å². The molecule has 0 aliphatic heterocycles. The number of nitrogens with zero attached hydrogens (tertiary/aromatic N) is 1. The number of nitriles is 1. The zero-order valence-corrected chi connectivity index (χ0v) is 13.5. The van der Waals surface area contributed by atoms with Crippen molar-refractivity contribution in [2.45, 2.75) is 6.92 Å². The third-order valence-electron chi connectivity index (χ3n) is 2.70. The summed E-state index contributed by atoms with van der Waals surface area (Å²) in [5, 5.41) is 20.6. The summed E-state index contributed by atoms with van der Waals surface area (Å²) in [5.41, 5.74) is 1.31. The largest absolute Gasteiger partial charge is 0.511 e. The smallest absolute Gasteiger partial charge is 0.269 e. The molecular formula is C15H11BrN2O2S. The van der Waals surface area contributed by atoms with Crippen molar-refractivity contribution in [3.8, 4) is 16.5 Å². The van der Waals surface area contributed by atoms with E-state index in [4.69, 9.17) is 5.26 Å². The molecule has 0 aliphatic carbocycles. The molecule has 0 aliphatic rings. The number of rotatable bonds is 3. The molecule has 21 heavy (non-hydrogen) atoms. The van der Waals surface area contributed by atoms with Crippen LogP contribution in [0.25, 0.3) is 10.4 Å². The van der Waals surface area contributed by atoms with Crippen LogP contribution in [0.5, 0.6) is 0 Å². The molecule has 2 N–H and O–H groups in total. The minimum atomic E-state index is -0.621. The lowest BCUT2D eigenvalue weighted by Gasteiger charge is -2.05. The van der Waals surface area contributed by atoms with Crippen molar-refractivity contribution >= 4 is 38.9 Å². The second-order valence-corrected chi connectivity index (χ2v) is 6.67. The first-order valence-electron chi connectivity index (χ1n) is 5.98. The zero-order valence-electron chi connectivity index (χ0n) is 11.1. The van der Waals surface area contributed by atoms with E-state index < -0.39 is 5.91 Å². The SMILES string of the molecule is C/C(O)=C(\C#N)C(=O)Nc1ccc(-c2ccc(Br)s2)cc1. The molecule has 106 valence electrons. The molecule has 0 saturated heterocycles. The van der Waals surface area contributed by atoms with Crippen molar-refractivity contribution in [3.05, 3.63) is 51.5 Å². The Kier molecular flexibility index (Phi) is 4.78. The van der Waals surface area contributed by atoms with Gasteiger partial charge in [0.25, 0.3) is 5.91 Å². The Bertz CT molecular complexity index is 738. The molecule has 0 atom stereocenters. The second kappa shape index (κ2) is 6.57. The van der Waals surface area contributed by atoms with Crippen LogP contribution in [0.4, 0.5) is 5.69 Å². The number of carbonyl (C=O) groups is 1.